The molecular weight excluding hydrogens is 984 g/mol. The van der Waals surface area contributed by atoms with Crippen LogP contribution in [0, 0.1) is 18.5 Å². The molecule has 0 unspecified atom stereocenters. The van der Waals surface area contributed by atoms with Crippen LogP contribution in [0.3, 0.4) is 0 Å². The first-order chi connectivity index (χ1) is 30.4. The second-order valence-electron chi connectivity index (χ2n) is 18.4. The second-order valence-corrected chi connectivity index (χ2v) is 22.6. The summed E-state index contributed by atoms with van der Waals surface area (Å²) in [7, 11) is -1.46. The van der Waals surface area contributed by atoms with E-state index in [1.165, 1.54) is 16.0 Å². The van der Waals surface area contributed by atoms with Gasteiger partial charge in [0, 0.05) is 49.0 Å². The van der Waals surface area contributed by atoms with E-state index in [2.05, 4.69) is 231 Å². The largest absolute Gasteiger partial charge is 0.510 e. The molecule has 3 aromatic heterocycles. The Balaban J connectivity index is 0.00000484. The maximum atomic E-state index is 6.84. The average Bonchev–Trinajstić information content (AvgIpc) is 3.83. The van der Waals surface area contributed by atoms with Crippen molar-refractivity contribution in [1.82, 2.24) is 14.1 Å². The van der Waals surface area contributed by atoms with E-state index in [0.717, 1.165) is 72.3 Å². The predicted molar refractivity (Wildman–Crippen MR) is 260 cm³/mol. The number of ether oxygens (including phenoxy) is 1. The smallest absolute Gasteiger partial charge is 0.268 e. The zero-order valence-corrected chi connectivity index (χ0v) is 40.1. The fraction of sp³-hybridized carbons (Fsp3) is 0.158. The first-order valence-corrected chi connectivity index (χ1v) is 24.0. The molecule has 0 bridgehead atoms. The van der Waals surface area contributed by atoms with Crippen molar-refractivity contribution < 1.29 is 30.4 Å². The summed E-state index contributed by atoms with van der Waals surface area (Å²) in [4.78, 5) is 6.14. The molecule has 0 saturated heterocycles. The van der Waals surface area contributed by atoms with E-state index >= 15 is 0 Å². The zero-order chi connectivity index (χ0) is 43.3. The molecule has 0 fully saturated rings. The molecule has 7 heteroatoms. The first kappa shape index (κ1) is 41.8. The van der Waals surface area contributed by atoms with E-state index in [1.54, 1.807) is 0 Å². The van der Waals surface area contributed by atoms with E-state index in [0.29, 0.717) is 11.5 Å². The number of nitrogens with zero attached hydrogens (tertiary/aromatic N) is 4. The van der Waals surface area contributed by atoms with Gasteiger partial charge in [0.05, 0.1) is 16.7 Å². The van der Waals surface area contributed by atoms with E-state index in [-0.39, 0.29) is 31.2 Å². The van der Waals surface area contributed by atoms with Gasteiger partial charge in [0.15, 0.2) is 0 Å². The van der Waals surface area contributed by atoms with Crippen LogP contribution >= 0.6 is 10.0 Å². The van der Waals surface area contributed by atoms with Gasteiger partial charge in [0.2, 0.25) is 0 Å². The van der Waals surface area contributed by atoms with E-state index in [9.17, 15) is 0 Å². The monoisotopic (exact) mass is 1030 g/mol. The van der Waals surface area contributed by atoms with Crippen molar-refractivity contribution >= 4 is 42.9 Å². The molecule has 5 nitrogen and oxygen atoms in total. The molecule has 4 heterocycles. The third-order valence-corrected chi connectivity index (χ3v) is 17.5. The summed E-state index contributed by atoms with van der Waals surface area (Å²) in [5.41, 5.74) is 13.3. The molecule has 0 spiro atoms. The van der Waals surface area contributed by atoms with Crippen molar-refractivity contribution in [3.8, 4) is 50.9 Å². The summed E-state index contributed by atoms with van der Waals surface area (Å²) in [5, 5.41) is 2.24. The number of hydrogen-bond acceptors (Lipinski definition) is 2. The molecule has 0 atom stereocenters. The van der Waals surface area contributed by atoms with Gasteiger partial charge in [-0.2, -0.15) is 12.1 Å². The molecular formula is C57H48N4OPtS-2. The molecule has 1 aliphatic rings. The number of hydrogen-bond donors (Lipinski definition) is 0. The number of imidazole rings is 1. The molecule has 0 N–H and O–H groups in total. The fourth-order valence-electron chi connectivity index (χ4n) is 9.39. The second kappa shape index (κ2) is 15.5. The van der Waals surface area contributed by atoms with Crippen LogP contribution in [0.15, 0.2) is 169 Å². The van der Waals surface area contributed by atoms with Gasteiger partial charge < -0.3 is 13.9 Å². The van der Waals surface area contributed by atoms with Crippen LogP contribution in [0.2, 0.25) is 0 Å². The SMILES string of the molecule is CC(C)(C)c1ccnc(-n2c3[c-]c(Oc4[c-]c5c(cc4)S(C)(C)C(C)(C)c4cccc6c4[n+]-5[c-]n6-c4c(-c5ccccc5)cccc4-c4ccccc4)ccc3c3ccccc32)c1.[Pt]. The topological polar surface area (TPSA) is 35.9 Å². The third kappa shape index (κ3) is 6.56. The first-order valence-electron chi connectivity index (χ1n) is 21.5. The number of aromatic nitrogens is 4. The zero-order valence-electron chi connectivity index (χ0n) is 37.0. The number of benzene rings is 7. The quantitative estimate of drug-likeness (QED) is 0.123. The van der Waals surface area contributed by atoms with Crippen molar-refractivity contribution in [3.63, 3.8) is 0 Å². The van der Waals surface area contributed by atoms with Crippen LogP contribution in [0.25, 0.3) is 72.3 Å². The molecule has 64 heavy (non-hydrogen) atoms. The minimum Gasteiger partial charge on any atom is -0.510 e. The van der Waals surface area contributed by atoms with Crippen LogP contribution in [0.1, 0.15) is 45.7 Å². The minimum absolute atomic E-state index is 0. The normalized spacial score (nSPS) is 14.5. The maximum absolute atomic E-state index is 6.84. The Morgan fingerprint density at radius 3 is 1.98 bits per heavy atom. The summed E-state index contributed by atoms with van der Waals surface area (Å²) < 4.78 is 13.4. The maximum Gasteiger partial charge on any atom is 0.268 e. The molecule has 1 aliphatic heterocycles. The molecule has 7 aromatic carbocycles. The Bertz CT molecular complexity index is 3360. The molecule has 0 amide bonds. The van der Waals surface area contributed by atoms with Crippen molar-refractivity contribution in [2.45, 2.75) is 49.7 Å². The predicted octanol–water partition coefficient (Wildman–Crippen LogP) is 13.9. The Morgan fingerprint density at radius 2 is 1.28 bits per heavy atom. The molecule has 0 saturated carbocycles. The van der Waals surface area contributed by atoms with Gasteiger partial charge in [-0.1, -0.05) is 142 Å². The van der Waals surface area contributed by atoms with E-state index in [4.69, 9.17) is 9.72 Å². The van der Waals surface area contributed by atoms with Gasteiger partial charge >= 0.3 is 0 Å². The van der Waals surface area contributed by atoms with Gasteiger partial charge in [0.1, 0.15) is 5.82 Å². The number of pyridine rings is 1. The summed E-state index contributed by atoms with van der Waals surface area (Å²) in [5.74, 6) is 2.08. The molecule has 10 aromatic rings. The van der Waals surface area contributed by atoms with Crippen LogP contribution in [-0.4, -0.2) is 26.6 Å². The van der Waals surface area contributed by atoms with E-state index in [1.807, 2.05) is 12.3 Å². The Labute approximate surface area is 391 Å². The van der Waals surface area contributed by atoms with Crippen molar-refractivity contribution in [2.75, 3.05) is 12.5 Å². The summed E-state index contributed by atoms with van der Waals surface area (Å²) in [6, 6.07) is 63.5. The molecule has 320 valence electrons. The Morgan fingerprint density at radius 1 is 0.656 bits per heavy atom. The molecule has 0 radical (unpaired) electrons. The van der Waals surface area contributed by atoms with Crippen molar-refractivity contribution in [1.29, 1.82) is 0 Å². The van der Waals surface area contributed by atoms with Gasteiger partial charge in [-0.15, -0.1) is 34.5 Å². The number of fused-ring (bicyclic) bond motifs is 5. The molecule has 0 aliphatic carbocycles. The van der Waals surface area contributed by atoms with Crippen LogP contribution in [-0.2, 0) is 31.2 Å². The molecule has 11 rings (SSSR count). The average molecular weight is 1030 g/mol. The third-order valence-electron chi connectivity index (χ3n) is 13.3. The van der Waals surface area contributed by atoms with Crippen molar-refractivity contribution in [3.05, 3.63) is 194 Å². The summed E-state index contributed by atoms with van der Waals surface area (Å²) in [6.07, 6.45) is 10.7. The Kier molecular flexibility index (Phi) is 10.1. The van der Waals surface area contributed by atoms with Crippen LogP contribution < -0.4 is 9.30 Å². The number of para-hydroxylation sites is 3. The summed E-state index contributed by atoms with van der Waals surface area (Å²) >= 11 is 0. The summed E-state index contributed by atoms with van der Waals surface area (Å²) in [6.45, 7) is 11.5. The van der Waals surface area contributed by atoms with Crippen LogP contribution in [0.5, 0.6) is 11.5 Å². The number of rotatable bonds is 6. The Hall–Kier alpha value is -6.20. The van der Waals surface area contributed by atoms with Crippen LogP contribution in [0.4, 0.5) is 0 Å². The van der Waals surface area contributed by atoms with Gasteiger partial charge in [0.25, 0.3) is 6.33 Å². The minimum atomic E-state index is -1.46. The fourth-order valence-corrected chi connectivity index (χ4v) is 11.7. The standard InChI is InChI=1S/C57H48N4OS.Pt/c1-56(2,3)40-32-33-58-53(34-40)61-48-26-15-14-22-45(48)46-30-28-41(35-50(46)61)62-42-29-31-52-51(36-42)60-37-59(49-27-17-25-47(55(49)60)57(4,5)63(52,6)7)54-43(38-18-10-8-11-19-38)23-16-24-44(54)39-20-12-9-13-21-39;/h8-34H,1-7H3;/q-2;. The van der Waals surface area contributed by atoms with Gasteiger partial charge in [-0.25, -0.2) is 4.98 Å². The van der Waals surface area contributed by atoms with Gasteiger partial charge in [-0.05, 0) is 94.4 Å². The van der Waals surface area contributed by atoms with Crippen molar-refractivity contribution in [2.24, 2.45) is 0 Å². The van der Waals surface area contributed by atoms with Gasteiger partial charge in [-0.3, -0.25) is 14.6 Å². The van der Waals surface area contributed by atoms with E-state index < -0.39 is 10.0 Å².